The zero-order chi connectivity index (χ0) is 14.9. The maximum absolute atomic E-state index is 13.6. The fraction of sp³-hybridized carbons (Fsp3) is 0.385. The highest BCUT2D eigenvalue weighted by Gasteiger charge is 2.49. The van der Waals surface area contributed by atoms with Gasteiger partial charge < -0.3 is 5.32 Å². The summed E-state index contributed by atoms with van der Waals surface area (Å²) in [6, 6.07) is 4.82. The summed E-state index contributed by atoms with van der Waals surface area (Å²) >= 11 is 0. The van der Waals surface area contributed by atoms with Crippen LogP contribution in [0.1, 0.15) is 19.8 Å². The number of non-ortho nitro benzene ring substituents is 1. The highest BCUT2D eigenvalue weighted by atomic mass is 19.1. The van der Waals surface area contributed by atoms with Crippen LogP contribution >= 0.6 is 0 Å². The number of amides is 1. The summed E-state index contributed by atoms with van der Waals surface area (Å²) in [6.45, 7) is 1.91. The van der Waals surface area contributed by atoms with Gasteiger partial charge in [-0.1, -0.05) is 6.92 Å². The molecule has 1 aliphatic rings. The van der Waals surface area contributed by atoms with Crippen molar-refractivity contribution in [2.24, 2.45) is 11.3 Å². The average molecular weight is 277 g/mol. The van der Waals surface area contributed by atoms with E-state index < -0.39 is 22.1 Å². The number of nitrogens with one attached hydrogen (secondary N) is 1. The molecule has 1 N–H and O–H groups in total. The summed E-state index contributed by atoms with van der Waals surface area (Å²) in [5.74, 6) is -1.13. The second kappa shape index (κ2) is 4.89. The van der Waals surface area contributed by atoms with Crippen LogP contribution in [0.3, 0.4) is 0 Å². The minimum atomic E-state index is -1.16. The first kappa shape index (κ1) is 13.9. The quantitative estimate of drug-likeness (QED) is 0.678. The van der Waals surface area contributed by atoms with Gasteiger partial charge >= 0.3 is 0 Å². The summed E-state index contributed by atoms with van der Waals surface area (Å²) in [4.78, 5) is 22.0. The monoisotopic (exact) mass is 277 g/mol. The molecule has 0 aliphatic heterocycles. The Kier molecular flexibility index (Phi) is 3.40. The normalized spacial score (nSPS) is 24.4. The second-order valence-corrected chi connectivity index (χ2v) is 5.08. The Morgan fingerprint density at radius 2 is 2.25 bits per heavy atom. The lowest BCUT2D eigenvalue weighted by Crippen LogP contribution is -2.45. The van der Waals surface area contributed by atoms with Gasteiger partial charge in [0.15, 0.2) is 0 Å². The Morgan fingerprint density at radius 1 is 1.60 bits per heavy atom. The van der Waals surface area contributed by atoms with Gasteiger partial charge in [-0.3, -0.25) is 14.9 Å². The van der Waals surface area contributed by atoms with E-state index in [1.165, 1.54) is 0 Å². The summed E-state index contributed by atoms with van der Waals surface area (Å²) in [5.41, 5.74) is -1.76. The van der Waals surface area contributed by atoms with Gasteiger partial charge in [0, 0.05) is 12.1 Å². The van der Waals surface area contributed by atoms with Crippen LogP contribution in [0.5, 0.6) is 0 Å². The fourth-order valence-electron chi connectivity index (χ4n) is 2.42. The van der Waals surface area contributed by atoms with E-state index in [0.717, 1.165) is 18.2 Å². The molecular formula is C13H12FN3O3. The Morgan fingerprint density at radius 3 is 2.75 bits per heavy atom. The Bertz CT molecular complexity index is 618. The number of hydrogen-bond acceptors (Lipinski definition) is 4. The van der Waals surface area contributed by atoms with E-state index in [-0.39, 0.29) is 17.3 Å². The van der Waals surface area contributed by atoms with Crippen molar-refractivity contribution in [3.05, 3.63) is 34.1 Å². The third-order valence-electron chi connectivity index (χ3n) is 3.45. The Hall–Kier alpha value is -2.49. The number of halogens is 1. The summed E-state index contributed by atoms with van der Waals surface area (Å²) in [7, 11) is 0. The lowest BCUT2D eigenvalue weighted by Gasteiger charge is -2.39. The molecule has 0 bridgehead atoms. The largest absolute Gasteiger partial charge is 0.322 e. The molecule has 6 nitrogen and oxygen atoms in total. The molecule has 0 radical (unpaired) electrons. The molecule has 0 spiro atoms. The van der Waals surface area contributed by atoms with Crippen LogP contribution in [0.2, 0.25) is 0 Å². The smallest absolute Gasteiger partial charge is 0.271 e. The third kappa shape index (κ3) is 2.32. The highest BCUT2D eigenvalue weighted by molar-refractivity contribution is 5.98. The lowest BCUT2D eigenvalue weighted by molar-refractivity contribution is -0.384. The molecule has 0 saturated heterocycles. The topological polar surface area (TPSA) is 96.0 Å². The molecule has 0 unspecified atom stereocenters. The maximum atomic E-state index is 13.6. The molecule has 1 aromatic carbocycles. The van der Waals surface area contributed by atoms with Crippen molar-refractivity contribution in [2.75, 3.05) is 5.32 Å². The fourth-order valence-corrected chi connectivity index (χ4v) is 2.42. The van der Waals surface area contributed by atoms with Crippen molar-refractivity contribution in [2.45, 2.75) is 19.8 Å². The van der Waals surface area contributed by atoms with Gasteiger partial charge in [0.25, 0.3) is 5.69 Å². The van der Waals surface area contributed by atoms with E-state index in [1.807, 2.05) is 13.0 Å². The molecule has 104 valence electrons. The Labute approximate surface area is 114 Å². The molecule has 7 heteroatoms. The molecule has 1 fully saturated rings. The van der Waals surface area contributed by atoms with Gasteiger partial charge in [0.1, 0.15) is 11.2 Å². The number of nitro groups is 1. The molecule has 1 saturated carbocycles. The van der Waals surface area contributed by atoms with Crippen LogP contribution in [-0.2, 0) is 4.79 Å². The van der Waals surface area contributed by atoms with Gasteiger partial charge in [-0.25, -0.2) is 4.39 Å². The molecule has 1 aliphatic carbocycles. The average Bonchev–Trinajstić information content (AvgIpc) is 2.36. The minimum Gasteiger partial charge on any atom is -0.322 e. The number of carbonyl (C=O) groups is 1. The standard InChI is InChI=1S/C13H12FN3O3/c1-8-5-13(6-8,7-15)12(18)16-11-4-9(17(19)20)2-3-10(11)14/h2-4,8H,5-6H2,1H3,(H,16,18). The lowest BCUT2D eigenvalue weighted by atomic mass is 9.63. The molecule has 0 aromatic heterocycles. The number of anilines is 1. The number of rotatable bonds is 3. The van der Waals surface area contributed by atoms with E-state index in [0.29, 0.717) is 12.8 Å². The third-order valence-corrected chi connectivity index (χ3v) is 3.45. The van der Waals surface area contributed by atoms with Crippen LogP contribution < -0.4 is 5.32 Å². The van der Waals surface area contributed by atoms with Gasteiger partial charge in [-0.2, -0.15) is 5.26 Å². The van der Waals surface area contributed by atoms with Crippen molar-refractivity contribution >= 4 is 17.3 Å². The van der Waals surface area contributed by atoms with E-state index in [9.17, 15) is 19.3 Å². The number of nitrogens with zero attached hydrogens (tertiary/aromatic N) is 2. The van der Waals surface area contributed by atoms with Gasteiger partial charge in [0.2, 0.25) is 5.91 Å². The van der Waals surface area contributed by atoms with Crippen molar-refractivity contribution in [3.8, 4) is 6.07 Å². The molecule has 0 heterocycles. The van der Waals surface area contributed by atoms with Gasteiger partial charge in [-0.15, -0.1) is 0 Å². The predicted octanol–water partition coefficient (Wildman–Crippen LogP) is 2.61. The molecule has 1 aromatic rings. The van der Waals surface area contributed by atoms with Crippen LogP contribution in [0.25, 0.3) is 0 Å². The minimum absolute atomic E-state index is 0.260. The van der Waals surface area contributed by atoms with Crippen LogP contribution in [0.15, 0.2) is 18.2 Å². The SMILES string of the molecule is CC1CC(C#N)(C(=O)Nc2cc([N+](=O)[O-])ccc2F)C1. The van der Waals surface area contributed by atoms with E-state index in [1.54, 1.807) is 0 Å². The van der Waals surface area contributed by atoms with Gasteiger partial charge in [0.05, 0.1) is 16.7 Å². The maximum Gasteiger partial charge on any atom is 0.271 e. The number of carbonyl (C=O) groups excluding carboxylic acids is 1. The summed E-state index contributed by atoms with van der Waals surface area (Å²) in [6.07, 6.45) is 0.817. The summed E-state index contributed by atoms with van der Waals surface area (Å²) in [5, 5.41) is 22.0. The number of hydrogen-bond donors (Lipinski definition) is 1. The van der Waals surface area contributed by atoms with Crippen LogP contribution in [0, 0.1) is 38.6 Å². The van der Waals surface area contributed by atoms with Crippen molar-refractivity contribution in [1.82, 2.24) is 0 Å². The molecular weight excluding hydrogens is 265 g/mol. The first-order valence-corrected chi connectivity index (χ1v) is 6.04. The zero-order valence-corrected chi connectivity index (χ0v) is 10.7. The van der Waals surface area contributed by atoms with E-state index in [4.69, 9.17) is 5.26 Å². The first-order valence-electron chi connectivity index (χ1n) is 6.04. The molecule has 1 amide bonds. The highest BCUT2D eigenvalue weighted by Crippen LogP contribution is 2.45. The Balaban J connectivity index is 2.22. The number of benzene rings is 1. The molecule has 2 rings (SSSR count). The number of nitro benzene ring substituents is 1. The van der Waals surface area contributed by atoms with Gasteiger partial charge in [-0.05, 0) is 24.8 Å². The number of nitriles is 1. The van der Waals surface area contributed by atoms with E-state index in [2.05, 4.69) is 5.32 Å². The first-order chi connectivity index (χ1) is 9.38. The van der Waals surface area contributed by atoms with Crippen molar-refractivity contribution in [3.63, 3.8) is 0 Å². The molecule has 20 heavy (non-hydrogen) atoms. The van der Waals surface area contributed by atoms with Crippen LogP contribution in [0.4, 0.5) is 15.8 Å². The summed E-state index contributed by atoms with van der Waals surface area (Å²) < 4.78 is 13.6. The van der Waals surface area contributed by atoms with E-state index >= 15 is 0 Å². The van der Waals surface area contributed by atoms with Crippen molar-refractivity contribution < 1.29 is 14.1 Å². The molecule has 0 atom stereocenters. The van der Waals surface area contributed by atoms with Crippen LogP contribution in [-0.4, -0.2) is 10.8 Å². The van der Waals surface area contributed by atoms with Crippen molar-refractivity contribution in [1.29, 1.82) is 5.26 Å². The zero-order valence-electron chi connectivity index (χ0n) is 10.7. The second-order valence-electron chi connectivity index (χ2n) is 5.08. The predicted molar refractivity (Wildman–Crippen MR) is 68.1 cm³/mol.